The van der Waals surface area contributed by atoms with E-state index in [4.69, 9.17) is 16.3 Å². The fraction of sp³-hybridized carbons (Fsp3) is 0.308. The van der Waals surface area contributed by atoms with Crippen molar-refractivity contribution in [2.24, 2.45) is 0 Å². The smallest absolute Gasteiger partial charge is 0.417 e. The van der Waals surface area contributed by atoms with E-state index in [1.54, 1.807) is 13.8 Å². The standard InChI is InChI=1S/C26H25BrClF3N2O2/c1-16(22(18-5-4-6-20(27)14-18)13-17-7-10-21(28)11-8-17)33-24(34)25(2,3)35-23-12-9-19(15-32-23)26(29,30)31/h4-12,14-16,22H,13H2,1-3H3,(H,33,34). The number of ether oxygens (including phenoxy) is 1. The Hall–Kier alpha value is -2.58. The molecule has 0 bridgehead atoms. The Morgan fingerprint density at radius 1 is 1.11 bits per heavy atom. The average molecular weight is 570 g/mol. The second-order valence-corrected chi connectivity index (χ2v) is 10.1. The zero-order chi connectivity index (χ0) is 25.8. The predicted molar refractivity (Wildman–Crippen MR) is 134 cm³/mol. The van der Waals surface area contributed by atoms with Crippen LogP contribution in [-0.2, 0) is 17.4 Å². The van der Waals surface area contributed by atoms with Crippen LogP contribution < -0.4 is 10.1 Å². The molecule has 0 aliphatic rings. The SMILES string of the molecule is CC(NC(=O)C(C)(C)Oc1ccc(C(F)(F)F)cn1)C(Cc1ccc(Cl)cc1)c1cccc(Br)c1. The zero-order valence-corrected chi connectivity index (χ0v) is 21.7. The maximum Gasteiger partial charge on any atom is 0.417 e. The molecule has 2 unspecified atom stereocenters. The fourth-order valence-corrected chi connectivity index (χ4v) is 4.14. The molecule has 0 saturated heterocycles. The van der Waals surface area contributed by atoms with Crippen LogP contribution in [0.2, 0.25) is 5.02 Å². The van der Waals surface area contributed by atoms with Crippen LogP contribution in [0.5, 0.6) is 5.88 Å². The van der Waals surface area contributed by atoms with E-state index in [-0.39, 0.29) is 17.8 Å². The van der Waals surface area contributed by atoms with Gasteiger partial charge in [0.1, 0.15) is 0 Å². The van der Waals surface area contributed by atoms with E-state index in [1.165, 1.54) is 0 Å². The van der Waals surface area contributed by atoms with Gasteiger partial charge in [-0.25, -0.2) is 4.98 Å². The molecule has 35 heavy (non-hydrogen) atoms. The largest absolute Gasteiger partial charge is 0.462 e. The molecule has 1 heterocycles. The zero-order valence-electron chi connectivity index (χ0n) is 19.4. The number of carbonyl (C=O) groups excluding carboxylic acids is 1. The molecule has 1 N–H and O–H groups in total. The maximum atomic E-state index is 13.1. The van der Waals surface area contributed by atoms with Gasteiger partial charge >= 0.3 is 6.18 Å². The Balaban J connectivity index is 1.76. The van der Waals surface area contributed by atoms with Crippen molar-refractivity contribution < 1.29 is 22.7 Å². The Bertz CT molecular complexity index is 1150. The quantitative estimate of drug-likeness (QED) is 0.312. The van der Waals surface area contributed by atoms with E-state index in [0.29, 0.717) is 17.6 Å². The lowest BCUT2D eigenvalue weighted by Crippen LogP contribution is -2.51. The van der Waals surface area contributed by atoms with Crippen LogP contribution in [0.25, 0.3) is 0 Å². The van der Waals surface area contributed by atoms with Crippen molar-refractivity contribution in [2.45, 2.75) is 50.9 Å². The number of carbonyl (C=O) groups is 1. The Kier molecular flexibility index (Phi) is 8.49. The van der Waals surface area contributed by atoms with Crippen molar-refractivity contribution in [1.29, 1.82) is 0 Å². The van der Waals surface area contributed by atoms with Crippen LogP contribution in [0, 0.1) is 0 Å². The van der Waals surface area contributed by atoms with Gasteiger partial charge in [-0.3, -0.25) is 4.79 Å². The van der Waals surface area contributed by atoms with Gasteiger partial charge in [0.15, 0.2) is 5.60 Å². The number of aromatic nitrogens is 1. The highest BCUT2D eigenvalue weighted by Crippen LogP contribution is 2.30. The van der Waals surface area contributed by atoms with Crippen LogP contribution in [0.4, 0.5) is 13.2 Å². The third-order valence-corrected chi connectivity index (χ3v) is 6.32. The van der Waals surface area contributed by atoms with E-state index in [1.807, 2.05) is 55.5 Å². The first-order valence-electron chi connectivity index (χ1n) is 10.9. The van der Waals surface area contributed by atoms with Crippen molar-refractivity contribution in [2.75, 3.05) is 0 Å². The summed E-state index contributed by atoms with van der Waals surface area (Å²) in [6, 6.07) is 17.1. The first-order chi connectivity index (χ1) is 16.3. The molecule has 3 aromatic rings. The monoisotopic (exact) mass is 568 g/mol. The molecular weight excluding hydrogens is 545 g/mol. The van der Waals surface area contributed by atoms with Gasteiger partial charge in [0.2, 0.25) is 5.88 Å². The number of amides is 1. The lowest BCUT2D eigenvalue weighted by molar-refractivity contribution is -0.138. The van der Waals surface area contributed by atoms with Gasteiger partial charge < -0.3 is 10.1 Å². The summed E-state index contributed by atoms with van der Waals surface area (Å²) in [7, 11) is 0. The summed E-state index contributed by atoms with van der Waals surface area (Å²) >= 11 is 9.54. The van der Waals surface area contributed by atoms with Crippen LogP contribution in [0.1, 0.15) is 43.4 Å². The highest BCUT2D eigenvalue weighted by molar-refractivity contribution is 9.10. The van der Waals surface area contributed by atoms with Gasteiger partial charge in [-0.05, 0) is 68.7 Å². The second-order valence-electron chi connectivity index (χ2n) is 8.75. The van der Waals surface area contributed by atoms with Crippen LogP contribution in [-0.4, -0.2) is 22.5 Å². The molecule has 0 radical (unpaired) electrons. The van der Waals surface area contributed by atoms with E-state index >= 15 is 0 Å². The Morgan fingerprint density at radius 2 is 1.80 bits per heavy atom. The topological polar surface area (TPSA) is 51.2 Å². The van der Waals surface area contributed by atoms with E-state index in [2.05, 4.69) is 26.2 Å². The molecule has 0 aliphatic carbocycles. The first kappa shape index (κ1) is 27.0. The molecule has 0 aliphatic heterocycles. The van der Waals surface area contributed by atoms with E-state index in [0.717, 1.165) is 27.7 Å². The molecule has 0 fully saturated rings. The number of nitrogens with zero attached hydrogens (tertiary/aromatic N) is 1. The summed E-state index contributed by atoms with van der Waals surface area (Å²) in [5.41, 5.74) is -0.168. The molecule has 9 heteroatoms. The minimum atomic E-state index is -4.50. The summed E-state index contributed by atoms with van der Waals surface area (Å²) in [6.07, 6.45) is -3.17. The van der Waals surface area contributed by atoms with Crippen molar-refractivity contribution in [1.82, 2.24) is 10.3 Å². The van der Waals surface area contributed by atoms with Gasteiger partial charge in [-0.2, -0.15) is 13.2 Å². The summed E-state index contributed by atoms with van der Waals surface area (Å²) in [6.45, 7) is 5.00. The van der Waals surface area contributed by atoms with Crippen LogP contribution in [0.15, 0.2) is 71.3 Å². The van der Waals surface area contributed by atoms with E-state index < -0.39 is 23.2 Å². The number of hydrogen-bond donors (Lipinski definition) is 1. The van der Waals surface area contributed by atoms with Gasteiger partial charge in [0.05, 0.1) is 5.56 Å². The highest BCUT2D eigenvalue weighted by atomic mass is 79.9. The van der Waals surface area contributed by atoms with Crippen molar-refractivity contribution >= 4 is 33.4 Å². The lowest BCUT2D eigenvalue weighted by atomic mass is 9.86. The Morgan fingerprint density at radius 3 is 2.37 bits per heavy atom. The highest BCUT2D eigenvalue weighted by Gasteiger charge is 2.34. The second kappa shape index (κ2) is 11.0. The number of hydrogen-bond acceptors (Lipinski definition) is 3. The van der Waals surface area contributed by atoms with Crippen molar-refractivity contribution in [3.8, 4) is 5.88 Å². The summed E-state index contributed by atoms with van der Waals surface area (Å²) in [4.78, 5) is 16.8. The van der Waals surface area contributed by atoms with Crippen LogP contribution >= 0.6 is 27.5 Å². The van der Waals surface area contributed by atoms with Crippen molar-refractivity contribution in [3.05, 3.63) is 93.0 Å². The average Bonchev–Trinajstić information content (AvgIpc) is 2.78. The molecular formula is C26H25BrClF3N2O2. The van der Waals surface area contributed by atoms with Gasteiger partial charge in [-0.15, -0.1) is 0 Å². The normalized spacial score (nSPS) is 13.7. The minimum absolute atomic E-state index is 0.0716. The lowest BCUT2D eigenvalue weighted by Gasteiger charge is -2.30. The number of alkyl halides is 3. The minimum Gasteiger partial charge on any atom is -0.462 e. The maximum absolute atomic E-state index is 13.1. The number of pyridine rings is 1. The molecule has 1 aromatic heterocycles. The number of nitrogens with one attached hydrogen (secondary N) is 1. The molecule has 0 spiro atoms. The Labute approximate surface area is 216 Å². The van der Waals surface area contributed by atoms with Gasteiger partial charge in [0, 0.05) is 33.7 Å². The fourth-order valence-electron chi connectivity index (χ4n) is 3.59. The predicted octanol–water partition coefficient (Wildman–Crippen LogP) is 7.20. The molecule has 3 rings (SSSR count). The molecule has 2 atom stereocenters. The molecule has 0 saturated carbocycles. The third-order valence-electron chi connectivity index (χ3n) is 5.58. The molecule has 4 nitrogen and oxygen atoms in total. The molecule has 1 amide bonds. The number of halogens is 5. The summed E-state index contributed by atoms with van der Waals surface area (Å²) in [5.74, 6) is -0.559. The third kappa shape index (κ3) is 7.45. The van der Waals surface area contributed by atoms with E-state index in [9.17, 15) is 18.0 Å². The van der Waals surface area contributed by atoms with Crippen LogP contribution in [0.3, 0.4) is 0 Å². The van der Waals surface area contributed by atoms with Gasteiger partial charge in [0.25, 0.3) is 5.91 Å². The first-order valence-corrected chi connectivity index (χ1v) is 12.1. The summed E-state index contributed by atoms with van der Waals surface area (Å²) < 4.78 is 45.0. The van der Waals surface area contributed by atoms with Crippen molar-refractivity contribution in [3.63, 3.8) is 0 Å². The summed E-state index contributed by atoms with van der Waals surface area (Å²) in [5, 5.41) is 3.66. The van der Waals surface area contributed by atoms with Gasteiger partial charge in [-0.1, -0.05) is 51.8 Å². The number of benzene rings is 2. The molecule has 2 aromatic carbocycles. The molecule has 186 valence electrons. The number of rotatable bonds is 8.